The number of allylic oxidation sites excluding steroid dienone is 3. The van der Waals surface area contributed by atoms with Crippen molar-refractivity contribution in [2.45, 2.75) is 6.92 Å². The zero-order valence-corrected chi connectivity index (χ0v) is 12.8. The lowest BCUT2D eigenvalue weighted by atomic mass is 10.2. The predicted octanol–water partition coefficient (Wildman–Crippen LogP) is 3.77. The van der Waals surface area contributed by atoms with E-state index < -0.39 is 5.91 Å². The molecule has 0 bridgehead atoms. The van der Waals surface area contributed by atoms with Crippen molar-refractivity contribution in [2.75, 3.05) is 0 Å². The first-order chi connectivity index (χ1) is 11.2. The fourth-order valence-electron chi connectivity index (χ4n) is 1.83. The van der Waals surface area contributed by atoms with E-state index in [4.69, 9.17) is 0 Å². The number of nitrogens with one attached hydrogen (secondary N) is 1. The number of hydrogen-bond donors (Lipinski definition) is 2. The van der Waals surface area contributed by atoms with Crippen LogP contribution in [0.5, 0.6) is 5.75 Å². The molecule has 0 aliphatic carbocycles. The molecule has 2 aromatic carbocycles. The SMILES string of the molecule is CC(/C=C/C=C/c1ccccc1)=N\NC(=O)c1ccccc1O. The molecule has 2 N–H and O–H groups in total. The number of aromatic hydroxyl groups is 1. The number of phenolic OH excluding ortho intramolecular Hbond substituents is 1. The lowest BCUT2D eigenvalue weighted by Gasteiger charge is -2.02. The van der Waals surface area contributed by atoms with Gasteiger partial charge in [0, 0.05) is 0 Å². The van der Waals surface area contributed by atoms with E-state index in [0.29, 0.717) is 5.71 Å². The smallest absolute Gasteiger partial charge is 0.275 e. The van der Waals surface area contributed by atoms with E-state index in [1.807, 2.05) is 48.6 Å². The highest BCUT2D eigenvalue weighted by Crippen LogP contribution is 2.14. The van der Waals surface area contributed by atoms with Crippen LogP contribution in [0.3, 0.4) is 0 Å². The van der Waals surface area contributed by atoms with Crippen LogP contribution in [-0.2, 0) is 0 Å². The van der Waals surface area contributed by atoms with E-state index in [9.17, 15) is 9.90 Å². The largest absolute Gasteiger partial charge is 0.507 e. The summed E-state index contributed by atoms with van der Waals surface area (Å²) in [6, 6.07) is 16.3. The highest BCUT2D eigenvalue weighted by molar-refractivity contribution is 5.99. The van der Waals surface area contributed by atoms with E-state index in [0.717, 1.165) is 5.56 Å². The van der Waals surface area contributed by atoms with Gasteiger partial charge in [-0.3, -0.25) is 4.79 Å². The summed E-state index contributed by atoms with van der Waals surface area (Å²) in [5.41, 5.74) is 4.36. The molecular formula is C19H18N2O2. The Kier molecular flexibility index (Phi) is 5.89. The molecule has 0 radical (unpaired) electrons. The van der Waals surface area contributed by atoms with Gasteiger partial charge in [-0.15, -0.1) is 0 Å². The number of carbonyl (C=O) groups excluding carboxylic acids is 1. The molecule has 0 saturated heterocycles. The number of rotatable bonds is 5. The first-order valence-electron chi connectivity index (χ1n) is 7.19. The third-order valence-corrected chi connectivity index (χ3v) is 3.02. The number of hydrazone groups is 1. The second-order valence-electron chi connectivity index (χ2n) is 4.84. The molecule has 0 saturated carbocycles. The van der Waals surface area contributed by atoms with Crippen LogP contribution in [0.15, 0.2) is 77.9 Å². The van der Waals surface area contributed by atoms with Crippen LogP contribution in [0.4, 0.5) is 0 Å². The Hall–Kier alpha value is -3.14. The molecule has 116 valence electrons. The summed E-state index contributed by atoms with van der Waals surface area (Å²) in [5, 5.41) is 13.6. The predicted molar refractivity (Wildman–Crippen MR) is 93.3 cm³/mol. The van der Waals surface area contributed by atoms with E-state index in [-0.39, 0.29) is 11.3 Å². The van der Waals surface area contributed by atoms with Gasteiger partial charge in [0.15, 0.2) is 0 Å². The molecule has 0 aliphatic rings. The molecule has 0 aliphatic heterocycles. The van der Waals surface area contributed by atoms with Crippen molar-refractivity contribution in [3.8, 4) is 5.75 Å². The molecular weight excluding hydrogens is 288 g/mol. The lowest BCUT2D eigenvalue weighted by Crippen LogP contribution is -2.18. The third-order valence-electron chi connectivity index (χ3n) is 3.02. The topological polar surface area (TPSA) is 61.7 Å². The standard InChI is InChI=1S/C19H18N2O2/c1-15(9-5-6-12-16-10-3-2-4-11-16)20-21-19(23)17-13-7-8-14-18(17)22/h2-14,22H,1H3,(H,21,23)/b9-5+,12-6+,20-15+. The Morgan fingerprint density at radius 3 is 2.48 bits per heavy atom. The Labute approximate surface area is 135 Å². The molecule has 0 aromatic heterocycles. The van der Waals surface area contributed by atoms with Crippen LogP contribution < -0.4 is 5.43 Å². The Morgan fingerprint density at radius 2 is 1.74 bits per heavy atom. The highest BCUT2D eigenvalue weighted by Gasteiger charge is 2.08. The normalized spacial score (nSPS) is 12.0. The van der Waals surface area contributed by atoms with Crippen molar-refractivity contribution >= 4 is 17.7 Å². The minimum absolute atomic E-state index is 0.0702. The second kappa shape index (κ2) is 8.34. The second-order valence-corrected chi connectivity index (χ2v) is 4.84. The maximum Gasteiger partial charge on any atom is 0.275 e. The quantitative estimate of drug-likeness (QED) is 0.502. The van der Waals surface area contributed by atoms with Gasteiger partial charge in [-0.2, -0.15) is 5.10 Å². The number of amides is 1. The van der Waals surface area contributed by atoms with Gasteiger partial charge in [0.1, 0.15) is 5.75 Å². The molecule has 1 amide bonds. The maximum atomic E-state index is 11.9. The summed E-state index contributed by atoms with van der Waals surface area (Å²) in [7, 11) is 0. The monoisotopic (exact) mass is 306 g/mol. The van der Waals surface area contributed by atoms with Gasteiger partial charge < -0.3 is 5.11 Å². The highest BCUT2D eigenvalue weighted by atomic mass is 16.3. The molecule has 0 heterocycles. The van der Waals surface area contributed by atoms with Crippen molar-refractivity contribution in [3.05, 3.63) is 84.0 Å². The number of para-hydroxylation sites is 1. The molecule has 4 nitrogen and oxygen atoms in total. The molecule has 0 unspecified atom stereocenters. The van der Waals surface area contributed by atoms with Crippen LogP contribution in [0.2, 0.25) is 0 Å². The van der Waals surface area contributed by atoms with E-state index in [1.54, 1.807) is 25.1 Å². The summed E-state index contributed by atoms with van der Waals surface area (Å²) in [5.74, 6) is -0.519. The van der Waals surface area contributed by atoms with Gasteiger partial charge in [0.05, 0.1) is 11.3 Å². The van der Waals surface area contributed by atoms with Crippen LogP contribution in [0, 0.1) is 0 Å². The first kappa shape index (κ1) is 16.2. The van der Waals surface area contributed by atoms with Gasteiger partial charge in [-0.05, 0) is 30.7 Å². The first-order valence-corrected chi connectivity index (χ1v) is 7.19. The molecule has 2 aromatic rings. The molecule has 4 heteroatoms. The Balaban J connectivity index is 1.90. The number of carbonyl (C=O) groups is 1. The van der Waals surface area contributed by atoms with Crippen molar-refractivity contribution in [1.29, 1.82) is 0 Å². The fraction of sp³-hybridized carbons (Fsp3) is 0.0526. The zero-order chi connectivity index (χ0) is 16.5. The average molecular weight is 306 g/mol. The van der Waals surface area contributed by atoms with Gasteiger partial charge in [-0.25, -0.2) is 5.43 Å². The molecule has 0 atom stereocenters. The summed E-state index contributed by atoms with van der Waals surface area (Å²) in [6.07, 6.45) is 7.51. The summed E-state index contributed by atoms with van der Waals surface area (Å²) in [4.78, 5) is 11.9. The minimum Gasteiger partial charge on any atom is -0.507 e. The van der Waals surface area contributed by atoms with E-state index in [2.05, 4.69) is 10.5 Å². The van der Waals surface area contributed by atoms with E-state index in [1.165, 1.54) is 12.1 Å². The number of hydrogen-bond acceptors (Lipinski definition) is 3. The molecule has 0 spiro atoms. The van der Waals surface area contributed by atoms with E-state index >= 15 is 0 Å². The number of phenols is 1. The Morgan fingerprint density at radius 1 is 1.04 bits per heavy atom. The van der Waals surface area contributed by atoms with Crippen LogP contribution >= 0.6 is 0 Å². The van der Waals surface area contributed by atoms with Gasteiger partial charge in [-0.1, -0.05) is 60.7 Å². The Bertz CT molecular complexity index is 747. The minimum atomic E-state index is -0.448. The lowest BCUT2D eigenvalue weighted by molar-refractivity contribution is 0.0952. The third kappa shape index (κ3) is 5.28. The van der Waals surface area contributed by atoms with Crippen molar-refractivity contribution in [1.82, 2.24) is 5.43 Å². The summed E-state index contributed by atoms with van der Waals surface area (Å²) < 4.78 is 0. The average Bonchev–Trinajstić information content (AvgIpc) is 2.58. The number of benzene rings is 2. The summed E-state index contributed by atoms with van der Waals surface area (Å²) in [6.45, 7) is 1.78. The van der Waals surface area contributed by atoms with Crippen molar-refractivity contribution < 1.29 is 9.90 Å². The van der Waals surface area contributed by atoms with Gasteiger partial charge in [0.2, 0.25) is 0 Å². The zero-order valence-electron chi connectivity index (χ0n) is 12.8. The molecule has 23 heavy (non-hydrogen) atoms. The fourth-order valence-corrected chi connectivity index (χ4v) is 1.83. The molecule has 2 rings (SSSR count). The van der Waals surface area contributed by atoms with Crippen LogP contribution in [0.25, 0.3) is 6.08 Å². The van der Waals surface area contributed by atoms with Crippen LogP contribution in [0.1, 0.15) is 22.8 Å². The van der Waals surface area contributed by atoms with Gasteiger partial charge in [0.25, 0.3) is 5.91 Å². The number of nitrogens with zero attached hydrogens (tertiary/aromatic N) is 1. The van der Waals surface area contributed by atoms with Gasteiger partial charge >= 0.3 is 0 Å². The van der Waals surface area contributed by atoms with Crippen molar-refractivity contribution in [2.24, 2.45) is 5.10 Å². The van der Waals surface area contributed by atoms with Crippen molar-refractivity contribution in [3.63, 3.8) is 0 Å². The van der Waals surface area contributed by atoms with Crippen LogP contribution in [-0.4, -0.2) is 16.7 Å². The summed E-state index contributed by atoms with van der Waals surface area (Å²) >= 11 is 0. The molecule has 0 fully saturated rings. The maximum absolute atomic E-state index is 11.9.